The Bertz CT molecular complexity index is 102. The van der Waals surface area contributed by atoms with Gasteiger partial charge in [-0.3, -0.25) is 0 Å². The van der Waals surface area contributed by atoms with E-state index in [1.54, 1.807) is 0 Å². The monoisotopic (exact) mass is 185 g/mol. The molecule has 0 aliphatic carbocycles. The molecule has 0 aliphatic heterocycles. The quantitative estimate of drug-likeness (QED) is 0.610. The Hall–Kier alpha value is -0.0400. The van der Waals surface area contributed by atoms with Crippen molar-refractivity contribution >= 4 is 0 Å². The van der Waals surface area contributed by atoms with Crippen molar-refractivity contribution in [2.45, 2.75) is 77.7 Å². The summed E-state index contributed by atoms with van der Waals surface area (Å²) >= 11 is 0. The van der Waals surface area contributed by atoms with E-state index in [1.807, 2.05) is 0 Å². The maximum absolute atomic E-state index is 6.38. The summed E-state index contributed by atoms with van der Waals surface area (Å²) < 4.78 is 0. The minimum atomic E-state index is 0.154. The molecule has 0 fully saturated rings. The molecule has 0 heterocycles. The number of hydrogen-bond acceptors (Lipinski definition) is 1. The summed E-state index contributed by atoms with van der Waals surface area (Å²) in [5.74, 6) is 0. The minimum absolute atomic E-state index is 0.154. The molecule has 0 amide bonds. The van der Waals surface area contributed by atoms with Crippen molar-refractivity contribution in [3.05, 3.63) is 0 Å². The van der Waals surface area contributed by atoms with Crippen molar-refractivity contribution < 1.29 is 0 Å². The molecule has 0 spiro atoms. The van der Waals surface area contributed by atoms with E-state index < -0.39 is 0 Å². The molecule has 0 radical (unpaired) electrons. The summed E-state index contributed by atoms with van der Waals surface area (Å²) in [6, 6.07) is 0. The molecule has 2 N–H and O–H groups in total. The largest absolute Gasteiger partial charge is 0.325 e. The van der Waals surface area contributed by atoms with E-state index in [0.29, 0.717) is 0 Å². The molecule has 13 heavy (non-hydrogen) atoms. The van der Waals surface area contributed by atoms with E-state index in [1.165, 1.54) is 51.4 Å². The molecule has 80 valence electrons. The molecule has 1 heteroatoms. The zero-order chi connectivity index (χ0) is 10.2. The van der Waals surface area contributed by atoms with Gasteiger partial charge in [0, 0.05) is 5.54 Å². The number of hydrogen-bond donors (Lipinski definition) is 1. The van der Waals surface area contributed by atoms with Crippen LogP contribution >= 0.6 is 0 Å². The molecule has 1 nitrogen and oxygen atoms in total. The molecule has 0 aromatic rings. The first-order chi connectivity index (χ1) is 6.18. The second-order valence-corrected chi connectivity index (χ2v) is 4.32. The number of unbranched alkanes of at least 4 members (excludes halogenated alkanes) is 2. The van der Waals surface area contributed by atoms with Gasteiger partial charge in [-0.1, -0.05) is 52.9 Å². The summed E-state index contributed by atoms with van der Waals surface area (Å²) in [6.07, 6.45) is 10.00. The average molecular weight is 185 g/mol. The highest BCUT2D eigenvalue weighted by molar-refractivity contribution is 4.83. The predicted octanol–water partition coefficient (Wildman–Crippen LogP) is 3.86. The minimum Gasteiger partial charge on any atom is -0.325 e. The molecule has 0 saturated heterocycles. The Labute approximate surface area is 84.1 Å². The first-order valence-electron chi connectivity index (χ1n) is 5.97. The van der Waals surface area contributed by atoms with Crippen LogP contribution in [-0.4, -0.2) is 5.54 Å². The van der Waals surface area contributed by atoms with Gasteiger partial charge in [-0.15, -0.1) is 0 Å². The van der Waals surface area contributed by atoms with E-state index in [0.717, 1.165) is 0 Å². The van der Waals surface area contributed by atoms with E-state index in [-0.39, 0.29) is 5.54 Å². The Kier molecular flexibility index (Phi) is 7.35. The van der Waals surface area contributed by atoms with Crippen LogP contribution in [0.15, 0.2) is 0 Å². The van der Waals surface area contributed by atoms with Crippen LogP contribution in [0, 0.1) is 0 Å². The molecular formula is C12H27N. The van der Waals surface area contributed by atoms with Crippen LogP contribution in [0.5, 0.6) is 0 Å². The first-order valence-corrected chi connectivity index (χ1v) is 5.97. The third-order valence-corrected chi connectivity index (χ3v) is 2.80. The maximum Gasteiger partial charge on any atom is 0.0154 e. The SMILES string of the molecule is CCCCC(N)(CCC)CCCC. The zero-order valence-electron chi connectivity index (χ0n) is 9.73. The van der Waals surface area contributed by atoms with Crippen molar-refractivity contribution in [3.63, 3.8) is 0 Å². The summed E-state index contributed by atoms with van der Waals surface area (Å²) in [6.45, 7) is 6.72. The third kappa shape index (κ3) is 6.09. The lowest BCUT2D eigenvalue weighted by Gasteiger charge is -2.29. The fourth-order valence-corrected chi connectivity index (χ4v) is 1.93. The Morgan fingerprint density at radius 3 is 1.54 bits per heavy atom. The van der Waals surface area contributed by atoms with Crippen molar-refractivity contribution in [2.24, 2.45) is 5.73 Å². The third-order valence-electron chi connectivity index (χ3n) is 2.80. The smallest absolute Gasteiger partial charge is 0.0154 e. The zero-order valence-corrected chi connectivity index (χ0v) is 9.73. The topological polar surface area (TPSA) is 26.0 Å². The standard InChI is InChI=1S/C12H27N/c1-4-7-10-12(13,9-6-3)11-8-5-2/h4-11,13H2,1-3H3. The van der Waals surface area contributed by atoms with Gasteiger partial charge in [0.1, 0.15) is 0 Å². The molecule has 0 aromatic heterocycles. The summed E-state index contributed by atoms with van der Waals surface area (Å²) in [7, 11) is 0. The molecule has 0 unspecified atom stereocenters. The van der Waals surface area contributed by atoms with Crippen molar-refractivity contribution in [3.8, 4) is 0 Å². The molecule has 0 rings (SSSR count). The molecule has 0 atom stereocenters. The van der Waals surface area contributed by atoms with Crippen molar-refractivity contribution in [2.75, 3.05) is 0 Å². The lowest BCUT2D eigenvalue weighted by molar-refractivity contribution is 0.318. The van der Waals surface area contributed by atoms with Gasteiger partial charge in [0.05, 0.1) is 0 Å². The number of nitrogens with two attached hydrogens (primary N) is 1. The van der Waals surface area contributed by atoms with Gasteiger partial charge >= 0.3 is 0 Å². The fraction of sp³-hybridized carbons (Fsp3) is 1.00. The predicted molar refractivity (Wildman–Crippen MR) is 60.9 cm³/mol. The second-order valence-electron chi connectivity index (χ2n) is 4.32. The van der Waals surface area contributed by atoms with Crippen LogP contribution in [0.1, 0.15) is 72.1 Å². The lowest BCUT2D eigenvalue weighted by atomic mass is 9.84. The molecule has 0 aliphatic rings. The molecule has 0 saturated carbocycles. The van der Waals surface area contributed by atoms with Gasteiger partial charge in [-0.25, -0.2) is 0 Å². The first kappa shape index (κ1) is 13.0. The molecular weight excluding hydrogens is 158 g/mol. The summed E-state index contributed by atoms with van der Waals surface area (Å²) in [5.41, 5.74) is 6.53. The van der Waals surface area contributed by atoms with E-state index >= 15 is 0 Å². The van der Waals surface area contributed by atoms with Crippen molar-refractivity contribution in [1.82, 2.24) is 0 Å². The van der Waals surface area contributed by atoms with Gasteiger partial charge in [0.25, 0.3) is 0 Å². The van der Waals surface area contributed by atoms with Crippen molar-refractivity contribution in [1.29, 1.82) is 0 Å². The van der Waals surface area contributed by atoms with Gasteiger partial charge in [-0.05, 0) is 19.3 Å². The summed E-state index contributed by atoms with van der Waals surface area (Å²) in [4.78, 5) is 0. The second kappa shape index (κ2) is 7.37. The Balaban J connectivity index is 3.84. The summed E-state index contributed by atoms with van der Waals surface area (Å²) in [5, 5.41) is 0. The highest BCUT2D eigenvalue weighted by Gasteiger charge is 2.21. The lowest BCUT2D eigenvalue weighted by Crippen LogP contribution is -2.39. The normalized spacial score (nSPS) is 12.0. The number of rotatable bonds is 8. The van der Waals surface area contributed by atoms with Crippen LogP contribution < -0.4 is 5.73 Å². The Morgan fingerprint density at radius 1 is 0.769 bits per heavy atom. The van der Waals surface area contributed by atoms with Crippen LogP contribution in [0.2, 0.25) is 0 Å². The van der Waals surface area contributed by atoms with Crippen LogP contribution in [0.4, 0.5) is 0 Å². The van der Waals surface area contributed by atoms with Gasteiger partial charge in [0.2, 0.25) is 0 Å². The highest BCUT2D eigenvalue weighted by Crippen LogP contribution is 2.23. The maximum atomic E-state index is 6.38. The highest BCUT2D eigenvalue weighted by atomic mass is 14.7. The van der Waals surface area contributed by atoms with E-state index in [4.69, 9.17) is 5.73 Å². The average Bonchev–Trinajstić information content (AvgIpc) is 2.12. The van der Waals surface area contributed by atoms with Gasteiger partial charge in [-0.2, -0.15) is 0 Å². The molecule has 0 aromatic carbocycles. The van der Waals surface area contributed by atoms with Gasteiger partial charge in [0.15, 0.2) is 0 Å². The van der Waals surface area contributed by atoms with Gasteiger partial charge < -0.3 is 5.73 Å². The van der Waals surface area contributed by atoms with E-state index in [9.17, 15) is 0 Å². The molecule has 0 bridgehead atoms. The van der Waals surface area contributed by atoms with Crippen LogP contribution in [-0.2, 0) is 0 Å². The fourth-order valence-electron chi connectivity index (χ4n) is 1.93. The van der Waals surface area contributed by atoms with Crippen LogP contribution in [0.25, 0.3) is 0 Å². The van der Waals surface area contributed by atoms with Crippen LogP contribution in [0.3, 0.4) is 0 Å². The van der Waals surface area contributed by atoms with E-state index in [2.05, 4.69) is 20.8 Å². The Morgan fingerprint density at radius 2 is 1.23 bits per heavy atom.